The summed E-state index contributed by atoms with van der Waals surface area (Å²) in [7, 11) is 3.04. The molecule has 3 aromatic carbocycles. The molecule has 1 aliphatic heterocycles. The van der Waals surface area contributed by atoms with Gasteiger partial charge in [-0.3, -0.25) is 9.59 Å². The summed E-state index contributed by atoms with van der Waals surface area (Å²) in [5.41, 5.74) is 3.60. The van der Waals surface area contributed by atoms with Crippen LogP contribution in [0, 0.1) is 11.6 Å². The third kappa shape index (κ3) is 5.02. The molecule has 1 amide bonds. The van der Waals surface area contributed by atoms with Crippen LogP contribution < -0.4 is 20.1 Å². The van der Waals surface area contributed by atoms with Gasteiger partial charge in [-0.05, 0) is 54.7 Å². The van der Waals surface area contributed by atoms with Gasteiger partial charge in [-0.2, -0.15) is 0 Å². The molecule has 2 atom stereocenters. The molecule has 0 bridgehead atoms. The molecular weight excluding hydrogens is 502 g/mol. The molecule has 8 heteroatoms. The van der Waals surface area contributed by atoms with Gasteiger partial charge in [0.25, 0.3) is 5.91 Å². The molecule has 2 aliphatic rings. The number of carbonyl (C=O) groups is 2. The van der Waals surface area contributed by atoms with Gasteiger partial charge in [-0.15, -0.1) is 0 Å². The van der Waals surface area contributed by atoms with Crippen molar-refractivity contribution in [3.8, 4) is 11.5 Å². The number of amides is 1. The predicted octanol–water partition coefficient (Wildman–Crippen LogP) is 5.98. The lowest BCUT2D eigenvalue weighted by Gasteiger charge is -2.37. The second-order valence-corrected chi connectivity index (χ2v) is 9.62. The molecule has 0 saturated heterocycles. The summed E-state index contributed by atoms with van der Waals surface area (Å²) in [6.07, 6.45) is 0.878. The number of hydrogen-bond acceptors (Lipinski definition) is 5. The summed E-state index contributed by atoms with van der Waals surface area (Å²) in [5, 5.41) is 5.87. The number of methoxy groups -OCH3 is 2. The fourth-order valence-corrected chi connectivity index (χ4v) is 5.45. The molecular formula is C31H28F2N2O4. The van der Waals surface area contributed by atoms with Gasteiger partial charge in [0.05, 0.1) is 19.9 Å². The van der Waals surface area contributed by atoms with Gasteiger partial charge in [0.2, 0.25) is 0 Å². The lowest BCUT2D eigenvalue weighted by atomic mass is 9.71. The van der Waals surface area contributed by atoms with Crippen molar-refractivity contribution in [1.29, 1.82) is 0 Å². The third-order valence-electron chi connectivity index (χ3n) is 7.26. The van der Waals surface area contributed by atoms with Crippen molar-refractivity contribution in [3.05, 3.63) is 112 Å². The maximum atomic E-state index is 14.4. The van der Waals surface area contributed by atoms with E-state index in [4.69, 9.17) is 9.47 Å². The number of benzene rings is 3. The first-order chi connectivity index (χ1) is 18.8. The largest absolute Gasteiger partial charge is 0.493 e. The standard InChI is InChI=1S/C31H28F2N2O4/c1-17-28(31(37)35-23-11-10-21(32)16-22(23)33)29(19-9-12-26(38-2)27(15-19)39-3)30-24(34-17)13-20(14-25(30)36)18-7-5-4-6-8-18/h4-12,15-16,20,29,34H,13-14H2,1-3H3,(H,35,37). The number of Topliss-reactive ketones (excluding diaryl/α,β-unsaturated/α-hetero) is 1. The van der Waals surface area contributed by atoms with E-state index in [1.807, 2.05) is 30.3 Å². The highest BCUT2D eigenvalue weighted by Crippen LogP contribution is 2.47. The van der Waals surface area contributed by atoms with E-state index in [9.17, 15) is 18.4 Å². The topological polar surface area (TPSA) is 76.7 Å². The van der Waals surface area contributed by atoms with E-state index in [0.29, 0.717) is 40.8 Å². The van der Waals surface area contributed by atoms with Crippen LogP contribution in [0.25, 0.3) is 0 Å². The van der Waals surface area contributed by atoms with Crippen molar-refractivity contribution >= 4 is 17.4 Å². The summed E-state index contributed by atoms with van der Waals surface area (Å²) < 4.78 is 38.8. The molecule has 5 rings (SSSR count). The number of dihydropyridines is 1. The minimum atomic E-state index is -0.896. The number of allylic oxidation sites excluding steroid dienone is 3. The number of rotatable bonds is 6. The normalized spacial score (nSPS) is 18.8. The average molecular weight is 531 g/mol. The second-order valence-electron chi connectivity index (χ2n) is 9.62. The van der Waals surface area contributed by atoms with E-state index in [2.05, 4.69) is 10.6 Å². The smallest absolute Gasteiger partial charge is 0.254 e. The molecule has 0 aromatic heterocycles. The number of ketones is 1. The third-order valence-corrected chi connectivity index (χ3v) is 7.26. The fraction of sp³-hybridized carbons (Fsp3) is 0.226. The summed E-state index contributed by atoms with van der Waals surface area (Å²) in [5.74, 6) is -2.13. The molecule has 0 fully saturated rings. The molecule has 0 saturated carbocycles. The Kier molecular flexibility index (Phi) is 7.19. The molecule has 1 aliphatic carbocycles. The van der Waals surface area contributed by atoms with Crippen molar-refractivity contribution in [2.24, 2.45) is 0 Å². The van der Waals surface area contributed by atoms with E-state index in [1.165, 1.54) is 20.3 Å². The van der Waals surface area contributed by atoms with Crippen LogP contribution in [0.5, 0.6) is 11.5 Å². The number of nitrogens with one attached hydrogen (secondary N) is 2. The van der Waals surface area contributed by atoms with Crippen LogP contribution in [0.3, 0.4) is 0 Å². The van der Waals surface area contributed by atoms with E-state index in [1.54, 1.807) is 25.1 Å². The zero-order chi connectivity index (χ0) is 27.7. The highest BCUT2D eigenvalue weighted by Gasteiger charge is 2.41. The first-order valence-corrected chi connectivity index (χ1v) is 12.6. The Balaban J connectivity index is 1.60. The van der Waals surface area contributed by atoms with E-state index < -0.39 is 23.5 Å². The van der Waals surface area contributed by atoms with Crippen molar-refractivity contribution in [2.45, 2.75) is 31.6 Å². The Bertz CT molecular complexity index is 1510. The highest BCUT2D eigenvalue weighted by molar-refractivity contribution is 6.10. The van der Waals surface area contributed by atoms with Crippen molar-refractivity contribution in [2.75, 3.05) is 19.5 Å². The van der Waals surface area contributed by atoms with Gasteiger partial charge < -0.3 is 20.1 Å². The van der Waals surface area contributed by atoms with Crippen molar-refractivity contribution < 1.29 is 27.8 Å². The van der Waals surface area contributed by atoms with Gasteiger partial charge >= 0.3 is 0 Å². The molecule has 1 heterocycles. The fourth-order valence-electron chi connectivity index (χ4n) is 5.45. The Morgan fingerprint density at radius 2 is 1.67 bits per heavy atom. The van der Waals surface area contributed by atoms with Crippen molar-refractivity contribution in [3.63, 3.8) is 0 Å². The van der Waals surface area contributed by atoms with Crippen LogP contribution in [-0.4, -0.2) is 25.9 Å². The Hall–Kier alpha value is -4.46. The number of carbonyl (C=O) groups excluding carboxylic acids is 2. The Morgan fingerprint density at radius 1 is 0.923 bits per heavy atom. The van der Waals surface area contributed by atoms with Gasteiger partial charge in [0, 0.05) is 40.9 Å². The molecule has 2 unspecified atom stereocenters. The van der Waals surface area contributed by atoms with Crippen LogP contribution in [0.4, 0.5) is 14.5 Å². The zero-order valence-electron chi connectivity index (χ0n) is 21.8. The minimum Gasteiger partial charge on any atom is -0.493 e. The number of halogens is 2. The lowest BCUT2D eigenvalue weighted by Crippen LogP contribution is -2.37. The van der Waals surface area contributed by atoms with Crippen LogP contribution in [0.2, 0.25) is 0 Å². The van der Waals surface area contributed by atoms with Crippen LogP contribution in [0.1, 0.15) is 42.7 Å². The predicted molar refractivity (Wildman–Crippen MR) is 144 cm³/mol. The summed E-state index contributed by atoms with van der Waals surface area (Å²) in [6.45, 7) is 1.75. The number of ether oxygens (including phenoxy) is 2. The first-order valence-electron chi connectivity index (χ1n) is 12.6. The first kappa shape index (κ1) is 26.2. The zero-order valence-corrected chi connectivity index (χ0v) is 21.8. The van der Waals surface area contributed by atoms with Gasteiger partial charge in [-0.25, -0.2) is 8.78 Å². The molecule has 0 spiro atoms. The highest BCUT2D eigenvalue weighted by atomic mass is 19.1. The molecule has 0 radical (unpaired) electrons. The van der Waals surface area contributed by atoms with E-state index in [0.717, 1.165) is 17.3 Å². The van der Waals surface area contributed by atoms with Gasteiger partial charge in [0.15, 0.2) is 17.3 Å². The molecule has 39 heavy (non-hydrogen) atoms. The van der Waals surface area contributed by atoms with Crippen LogP contribution in [0.15, 0.2) is 89.3 Å². The monoisotopic (exact) mass is 530 g/mol. The molecule has 6 nitrogen and oxygen atoms in total. The SMILES string of the molecule is COc1ccc(C2C(C(=O)Nc3ccc(F)cc3F)=C(C)NC3=C2C(=O)CC(c2ccccc2)C3)cc1OC. The second kappa shape index (κ2) is 10.7. The number of hydrogen-bond donors (Lipinski definition) is 2. The molecule has 2 N–H and O–H groups in total. The summed E-state index contributed by atoms with van der Waals surface area (Å²) in [4.78, 5) is 27.5. The summed E-state index contributed by atoms with van der Waals surface area (Å²) >= 11 is 0. The molecule has 200 valence electrons. The van der Waals surface area contributed by atoms with Crippen LogP contribution >= 0.6 is 0 Å². The minimum absolute atomic E-state index is 0.00695. The average Bonchev–Trinajstić information content (AvgIpc) is 2.93. The maximum Gasteiger partial charge on any atom is 0.254 e. The van der Waals surface area contributed by atoms with E-state index in [-0.39, 0.29) is 29.4 Å². The quantitative estimate of drug-likeness (QED) is 0.410. The maximum absolute atomic E-state index is 14.4. The van der Waals surface area contributed by atoms with Crippen LogP contribution in [-0.2, 0) is 9.59 Å². The molecule has 3 aromatic rings. The Labute approximate surface area is 225 Å². The van der Waals surface area contributed by atoms with E-state index >= 15 is 0 Å². The number of anilines is 1. The van der Waals surface area contributed by atoms with Crippen molar-refractivity contribution in [1.82, 2.24) is 5.32 Å². The van der Waals surface area contributed by atoms with Gasteiger partial charge in [-0.1, -0.05) is 36.4 Å². The Morgan fingerprint density at radius 3 is 2.36 bits per heavy atom. The van der Waals surface area contributed by atoms with Gasteiger partial charge in [0.1, 0.15) is 11.6 Å². The lowest BCUT2D eigenvalue weighted by molar-refractivity contribution is -0.116. The summed E-state index contributed by atoms with van der Waals surface area (Å²) in [6, 6.07) is 18.1.